The second kappa shape index (κ2) is 8.31. The number of hydrogen-bond acceptors (Lipinski definition) is 5. The molecule has 1 aliphatic heterocycles. The highest BCUT2D eigenvalue weighted by Gasteiger charge is 2.33. The molecule has 1 aromatic rings. The highest BCUT2D eigenvalue weighted by Crippen LogP contribution is 2.21. The molecule has 1 aliphatic rings. The molecule has 3 amide bonds. The number of rotatable bonds is 7. The Morgan fingerprint density at radius 2 is 1.88 bits per heavy atom. The van der Waals surface area contributed by atoms with Crippen molar-refractivity contribution < 1.29 is 22.8 Å². The zero-order valence-corrected chi connectivity index (χ0v) is 15.6. The van der Waals surface area contributed by atoms with Crippen LogP contribution in [0.4, 0.5) is 5.69 Å². The van der Waals surface area contributed by atoms with Crippen LogP contribution in [0.1, 0.15) is 33.1 Å². The summed E-state index contributed by atoms with van der Waals surface area (Å²) < 4.78 is 25.6. The van der Waals surface area contributed by atoms with Crippen molar-refractivity contribution in [2.24, 2.45) is 5.92 Å². The number of sulfonamides is 1. The van der Waals surface area contributed by atoms with E-state index >= 15 is 0 Å². The highest BCUT2D eigenvalue weighted by atomic mass is 32.2. The summed E-state index contributed by atoms with van der Waals surface area (Å²) in [6.07, 6.45) is 2.07. The van der Waals surface area contributed by atoms with Crippen molar-refractivity contribution in [2.45, 2.75) is 38.0 Å². The van der Waals surface area contributed by atoms with Crippen LogP contribution in [0.25, 0.3) is 0 Å². The van der Waals surface area contributed by atoms with Crippen molar-refractivity contribution in [3.63, 3.8) is 0 Å². The number of unbranched alkanes of at least 4 members (excludes halogenated alkanes) is 1. The van der Waals surface area contributed by atoms with Crippen molar-refractivity contribution >= 4 is 33.4 Å². The van der Waals surface area contributed by atoms with Gasteiger partial charge in [-0.3, -0.25) is 14.4 Å². The molecule has 1 saturated heterocycles. The van der Waals surface area contributed by atoms with Crippen LogP contribution in [0.2, 0.25) is 0 Å². The molecule has 0 bridgehead atoms. The quantitative estimate of drug-likeness (QED) is 0.734. The Kier molecular flexibility index (Phi) is 6.36. The van der Waals surface area contributed by atoms with E-state index in [0.717, 1.165) is 19.8 Å². The molecule has 0 saturated carbocycles. The summed E-state index contributed by atoms with van der Waals surface area (Å²) in [5.41, 5.74) is 0.427. The van der Waals surface area contributed by atoms with Gasteiger partial charge in [-0.05, 0) is 30.7 Å². The summed E-state index contributed by atoms with van der Waals surface area (Å²) >= 11 is 0. The fraction of sp³-hybridized carbons (Fsp3) is 0.471. The SMILES string of the molecule is CCCCN1C[C@H](C(=O)Nc2ccc(S(=O)(=O)NC(C)=O)cc2)CC1=O. The number of carbonyl (C=O) groups excluding carboxylic acids is 3. The topological polar surface area (TPSA) is 113 Å². The van der Waals surface area contributed by atoms with Crippen LogP contribution in [0.3, 0.4) is 0 Å². The van der Waals surface area contributed by atoms with Gasteiger partial charge >= 0.3 is 0 Å². The van der Waals surface area contributed by atoms with Gasteiger partial charge in [-0.2, -0.15) is 0 Å². The first-order valence-electron chi connectivity index (χ1n) is 8.45. The minimum atomic E-state index is -3.91. The van der Waals surface area contributed by atoms with Gasteiger partial charge in [0.25, 0.3) is 10.0 Å². The molecule has 8 nitrogen and oxygen atoms in total. The van der Waals surface area contributed by atoms with Crippen molar-refractivity contribution in [2.75, 3.05) is 18.4 Å². The predicted octanol–water partition coefficient (Wildman–Crippen LogP) is 1.10. The number of nitrogens with one attached hydrogen (secondary N) is 2. The third-order valence-corrected chi connectivity index (χ3v) is 5.53. The zero-order valence-electron chi connectivity index (χ0n) is 14.8. The molecular formula is C17H23N3O5S. The lowest BCUT2D eigenvalue weighted by atomic mass is 10.1. The van der Waals surface area contributed by atoms with E-state index in [4.69, 9.17) is 0 Å². The molecule has 0 spiro atoms. The van der Waals surface area contributed by atoms with Gasteiger partial charge in [-0.25, -0.2) is 13.1 Å². The minimum Gasteiger partial charge on any atom is -0.342 e. The molecule has 0 aromatic heterocycles. The monoisotopic (exact) mass is 381 g/mol. The fourth-order valence-corrected chi connectivity index (χ4v) is 3.71. The maximum absolute atomic E-state index is 12.3. The molecule has 2 N–H and O–H groups in total. The molecule has 0 aliphatic carbocycles. The molecule has 0 unspecified atom stereocenters. The van der Waals surface area contributed by atoms with Crippen LogP contribution >= 0.6 is 0 Å². The van der Waals surface area contributed by atoms with Crippen LogP contribution in [-0.4, -0.2) is 44.1 Å². The van der Waals surface area contributed by atoms with E-state index in [1.54, 1.807) is 4.90 Å². The highest BCUT2D eigenvalue weighted by molar-refractivity contribution is 7.90. The Morgan fingerprint density at radius 1 is 1.23 bits per heavy atom. The first kappa shape index (κ1) is 19.9. The normalized spacial score (nSPS) is 17.2. The number of amides is 3. The van der Waals surface area contributed by atoms with E-state index in [-0.39, 0.29) is 23.1 Å². The Balaban J connectivity index is 1.98. The Bertz CT molecular complexity index is 789. The number of anilines is 1. The van der Waals surface area contributed by atoms with Gasteiger partial charge in [-0.15, -0.1) is 0 Å². The summed E-state index contributed by atoms with van der Waals surface area (Å²) in [7, 11) is -3.91. The summed E-state index contributed by atoms with van der Waals surface area (Å²) in [5.74, 6) is -1.38. The molecule has 1 heterocycles. The number of benzene rings is 1. The first-order chi connectivity index (χ1) is 12.2. The van der Waals surface area contributed by atoms with Crippen molar-refractivity contribution in [1.29, 1.82) is 0 Å². The Morgan fingerprint density at radius 3 is 2.46 bits per heavy atom. The molecule has 1 aromatic carbocycles. The molecule has 9 heteroatoms. The van der Waals surface area contributed by atoms with Gasteiger partial charge < -0.3 is 10.2 Å². The third kappa shape index (κ3) is 5.04. The van der Waals surface area contributed by atoms with E-state index in [9.17, 15) is 22.8 Å². The van der Waals surface area contributed by atoms with Gasteiger partial charge in [-0.1, -0.05) is 13.3 Å². The van der Waals surface area contributed by atoms with Crippen molar-refractivity contribution in [1.82, 2.24) is 9.62 Å². The lowest BCUT2D eigenvalue weighted by Crippen LogP contribution is -2.29. The van der Waals surface area contributed by atoms with E-state index in [0.29, 0.717) is 18.8 Å². The maximum atomic E-state index is 12.3. The number of carbonyl (C=O) groups is 3. The number of hydrogen-bond donors (Lipinski definition) is 2. The first-order valence-corrected chi connectivity index (χ1v) is 9.93. The van der Waals surface area contributed by atoms with E-state index in [1.165, 1.54) is 24.3 Å². The standard InChI is InChI=1S/C17H23N3O5S/c1-3-4-9-20-11-13(10-16(20)22)17(23)18-14-5-7-15(8-6-14)26(24,25)19-12(2)21/h5-8,13H,3-4,9-11H2,1-2H3,(H,18,23)(H,19,21)/t13-/m1/s1. The predicted molar refractivity (Wildman–Crippen MR) is 95.7 cm³/mol. The van der Waals surface area contributed by atoms with Gasteiger partial charge in [0.2, 0.25) is 17.7 Å². The average molecular weight is 381 g/mol. The minimum absolute atomic E-state index is 0.0182. The van der Waals surface area contributed by atoms with E-state index in [2.05, 4.69) is 5.32 Å². The summed E-state index contributed by atoms with van der Waals surface area (Å²) in [4.78, 5) is 36.8. The van der Waals surface area contributed by atoms with Crippen LogP contribution in [0, 0.1) is 5.92 Å². The fourth-order valence-electron chi connectivity index (χ4n) is 2.72. The van der Waals surface area contributed by atoms with Crippen molar-refractivity contribution in [3.05, 3.63) is 24.3 Å². The molecule has 26 heavy (non-hydrogen) atoms. The van der Waals surface area contributed by atoms with Gasteiger partial charge in [0, 0.05) is 32.1 Å². The van der Waals surface area contributed by atoms with Crippen LogP contribution in [0.15, 0.2) is 29.2 Å². The average Bonchev–Trinajstić information content (AvgIpc) is 2.93. The van der Waals surface area contributed by atoms with E-state index < -0.39 is 21.8 Å². The largest absolute Gasteiger partial charge is 0.342 e. The molecular weight excluding hydrogens is 358 g/mol. The Hall–Kier alpha value is -2.42. The molecule has 142 valence electrons. The molecule has 2 rings (SSSR count). The lowest BCUT2D eigenvalue weighted by Gasteiger charge is -2.16. The summed E-state index contributed by atoms with van der Waals surface area (Å²) in [5, 5.41) is 2.70. The number of nitrogens with zero attached hydrogens (tertiary/aromatic N) is 1. The summed E-state index contributed by atoms with van der Waals surface area (Å²) in [6, 6.07) is 5.49. The van der Waals surface area contributed by atoms with Gasteiger partial charge in [0.05, 0.1) is 10.8 Å². The molecule has 1 atom stereocenters. The lowest BCUT2D eigenvalue weighted by molar-refractivity contribution is -0.128. The van der Waals surface area contributed by atoms with Crippen LogP contribution < -0.4 is 10.0 Å². The number of likely N-dealkylation sites (tertiary alicyclic amines) is 1. The van der Waals surface area contributed by atoms with Crippen LogP contribution in [0.5, 0.6) is 0 Å². The second-order valence-corrected chi connectivity index (χ2v) is 7.95. The molecule has 1 fully saturated rings. The Labute approximate surface area is 153 Å². The van der Waals surface area contributed by atoms with Gasteiger partial charge in [0.15, 0.2) is 0 Å². The van der Waals surface area contributed by atoms with E-state index in [1.807, 2.05) is 11.6 Å². The second-order valence-electron chi connectivity index (χ2n) is 6.27. The van der Waals surface area contributed by atoms with Gasteiger partial charge in [0.1, 0.15) is 0 Å². The third-order valence-electron chi connectivity index (χ3n) is 4.08. The zero-order chi connectivity index (χ0) is 19.3. The smallest absolute Gasteiger partial charge is 0.264 e. The van der Waals surface area contributed by atoms with Crippen molar-refractivity contribution in [3.8, 4) is 0 Å². The maximum Gasteiger partial charge on any atom is 0.264 e. The molecule has 0 radical (unpaired) electrons. The van der Waals surface area contributed by atoms with Crippen LogP contribution in [-0.2, 0) is 24.4 Å². The summed E-state index contributed by atoms with van der Waals surface area (Å²) in [6.45, 7) is 4.22.